The highest BCUT2D eigenvalue weighted by atomic mass is 32.1. The maximum atomic E-state index is 12.7. The number of ether oxygens (including phenoxy) is 1. The maximum absolute atomic E-state index is 12.7. The molecule has 7 nitrogen and oxygen atoms in total. The summed E-state index contributed by atoms with van der Waals surface area (Å²) in [6.45, 7) is 3.48. The summed E-state index contributed by atoms with van der Waals surface area (Å²) in [7, 11) is 1.80. The smallest absolute Gasteiger partial charge is 0.265 e. The average molecular weight is 431 g/mol. The third-order valence-electron chi connectivity index (χ3n) is 5.62. The van der Waals surface area contributed by atoms with Gasteiger partial charge in [-0.15, -0.1) is 0 Å². The van der Waals surface area contributed by atoms with Crippen molar-refractivity contribution < 1.29 is 14.6 Å². The Morgan fingerprint density at radius 1 is 1.43 bits per heavy atom. The van der Waals surface area contributed by atoms with Gasteiger partial charge < -0.3 is 20.1 Å². The van der Waals surface area contributed by atoms with Gasteiger partial charge in [0.15, 0.2) is 4.96 Å². The molecule has 162 valence electrons. The van der Waals surface area contributed by atoms with Crippen LogP contribution in [0.2, 0.25) is 0 Å². The van der Waals surface area contributed by atoms with Crippen LogP contribution < -0.4 is 5.32 Å². The van der Waals surface area contributed by atoms with Crippen molar-refractivity contribution in [1.82, 2.24) is 19.6 Å². The van der Waals surface area contributed by atoms with Crippen LogP contribution in [-0.4, -0.2) is 64.8 Å². The fourth-order valence-corrected chi connectivity index (χ4v) is 4.88. The Morgan fingerprint density at radius 2 is 2.33 bits per heavy atom. The average Bonchev–Trinajstić information content (AvgIpc) is 3.47. The molecule has 30 heavy (non-hydrogen) atoms. The van der Waals surface area contributed by atoms with Crippen LogP contribution in [0.3, 0.4) is 0 Å². The van der Waals surface area contributed by atoms with Gasteiger partial charge in [0.05, 0.1) is 17.1 Å². The monoisotopic (exact) mass is 430 g/mol. The SMILES string of the molecule is CN(CCCCO)C(=O)c1cn2c(nc3cc(CNCCC4CCCO4)ccc32)s1. The van der Waals surface area contributed by atoms with Crippen molar-refractivity contribution in [2.24, 2.45) is 0 Å². The van der Waals surface area contributed by atoms with E-state index in [0.29, 0.717) is 23.9 Å². The number of thiazole rings is 1. The summed E-state index contributed by atoms with van der Waals surface area (Å²) in [5.74, 6) is 0.00338. The highest BCUT2D eigenvalue weighted by Crippen LogP contribution is 2.25. The molecule has 8 heteroatoms. The fraction of sp³-hybridized carbons (Fsp3) is 0.545. The molecule has 0 radical (unpaired) electrons. The Labute approximate surface area is 180 Å². The molecule has 1 fully saturated rings. The Kier molecular flexibility index (Phi) is 6.99. The van der Waals surface area contributed by atoms with Crippen molar-refractivity contribution in [2.45, 2.75) is 44.8 Å². The third-order valence-corrected chi connectivity index (χ3v) is 6.59. The topological polar surface area (TPSA) is 79.1 Å². The number of unbranched alkanes of at least 4 members (excludes halogenated alkanes) is 1. The number of amides is 1. The molecular formula is C22H30N4O3S. The molecule has 1 aromatic carbocycles. The van der Waals surface area contributed by atoms with Gasteiger partial charge in [-0.3, -0.25) is 9.20 Å². The number of hydrogen-bond acceptors (Lipinski definition) is 6. The molecule has 1 unspecified atom stereocenters. The van der Waals surface area contributed by atoms with E-state index in [0.717, 1.165) is 48.5 Å². The Bertz CT molecular complexity index is 993. The first-order valence-electron chi connectivity index (χ1n) is 10.7. The van der Waals surface area contributed by atoms with E-state index in [9.17, 15) is 4.79 Å². The van der Waals surface area contributed by atoms with Crippen LogP contribution in [0.4, 0.5) is 0 Å². The largest absolute Gasteiger partial charge is 0.396 e. The number of benzene rings is 1. The van der Waals surface area contributed by atoms with Crippen molar-refractivity contribution >= 4 is 33.2 Å². The first-order valence-corrected chi connectivity index (χ1v) is 11.6. The number of carbonyl (C=O) groups excluding carboxylic acids is 1. The summed E-state index contributed by atoms with van der Waals surface area (Å²) < 4.78 is 7.67. The van der Waals surface area contributed by atoms with Gasteiger partial charge in [-0.2, -0.15) is 0 Å². The Morgan fingerprint density at radius 3 is 3.13 bits per heavy atom. The molecule has 1 amide bonds. The zero-order chi connectivity index (χ0) is 20.9. The summed E-state index contributed by atoms with van der Waals surface area (Å²) >= 11 is 1.42. The second kappa shape index (κ2) is 9.87. The minimum Gasteiger partial charge on any atom is -0.396 e. The van der Waals surface area contributed by atoms with Crippen LogP contribution in [0.1, 0.15) is 47.3 Å². The van der Waals surface area contributed by atoms with E-state index in [-0.39, 0.29) is 12.5 Å². The van der Waals surface area contributed by atoms with Crippen LogP contribution in [0.25, 0.3) is 16.0 Å². The summed E-state index contributed by atoms with van der Waals surface area (Å²) in [6.07, 6.45) is 7.25. The zero-order valence-electron chi connectivity index (χ0n) is 17.5. The third kappa shape index (κ3) is 4.83. The summed E-state index contributed by atoms with van der Waals surface area (Å²) in [5.41, 5.74) is 3.18. The lowest BCUT2D eigenvalue weighted by Crippen LogP contribution is -2.27. The summed E-state index contributed by atoms with van der Waals surface area (Å²) in [5, 5.41) is 12.4. The van der Waals surface area contributed by atoms with Crippen LogP contribution >= 0.6 is 11.3 Å². The molecule has 2 aromatic heterocycles. The van der Waals surface area contributed by atoms with E-state index in [1.54, 1.807) is 11.9 Å². The van der Waals surface area contributed by atoms with Crippen molar-refractivity contribution in [3.05, 3.63) is 34.8 Å². The Hall–Kier alpha value is -2.00. The number of fused-ring (bicyclic) bond motifs is 3. The number of hydrogen-bond donors (Lipinski definition) is 2. The number of carbonyl (C=O) groups is 1. The lowest BCUT2D eigenvalue weighted by atomic mass is 10.1. The van der Waals surface area contributed by atoms with E-state index in [1.807, 2.05) is 10.6 Å². The van der Waals surface area contributed by atoms with E-state index >= 15 is 0 Å². The van der Waals surface area contributed by atoms with Gasteiger partial charge in [-0.1, -0.05) is 17.4 Å². The van der Waals surface area contributed by atoms with Crippen molar-refractivity contribution in [3.63, 3.8) is 0 Å². The van der Waals surface area contributed by atoms with E-state index in [1.165, 1.54) is 29.7 Å². The van der Waals surface area contributed by atoms with Gasteiger partial charge in [0, 0.05) is 39.5 Å². The molecule has 4 rings (SSSR count). The maximum Gasteiger partial charge on any atom is 0.265 e. The molecule has 3 aromatic rings. The molecule has 1 aliphatic heterocycles. The highest BCUT2D eigenvalue weighted by Gasteiger charge is 2.18. The van der Waals surface area contributed by atoms with Crippen LogP contribution in [0.5, 0.6) is 0 Å². The lowest BCUT2D eigenvalue weighted by Gasteiger charge is -2.15. The van der Waals surface area contributed by atoms with Crippen molar-refractivity contribution in [2.75, 3.05) is 33.4 Å². The van der Waals surface area contributed by atoms with E-state index in [2.05, 4.69) is 23.5 Å². The summed E-state index contributed by atoms with van der Waals surface area (Å²) in [6, 6.07) is 6.32. The zero-order valence-corrected chi connectivity index (χ0v) is 18.3. The van der Waals surface area contributed by atoms with Crippen molar-refractivity contribution in [3.8, 4) is 0 Å². The first-order chi connectivity index (χ1) is 14.7. The molecule has 1 atom stereocenters. The number of aromatic nitrogens is 2. The van der Waals surface area contributed by atoms with Crippen molar-refractivity contribution in [1.29, 1.82) is 0 Å². The van der Waals surface area contributed by atoms with E-state index < -0.39 is 0 Å². The highest BCUT2D eigenvalue weighted by molar-refractivity contribution is 7.18. The predicted molar refractivity (Wildman–Crippen MR) is 119 cm³/mol. The predicted octanol–water partition coefficient (Wildman–Crippen LogP) is 3.05. The summed E-state index contributed by atoms with van der Waals surface area (Å²) in [4.78, 5) is 20.6. The standard InChI is InChI=1S/C22H30N4O3S/c1-25(10-2-3-11-27)21(28)20-15-26-19-7-6-16(13-18(19)24-22(26)30-20)14-23-9-8-17-5-4-12-29-17/h6-7,13,15,17,23,27H,2-5,8-12,14H2,1H3. The van der Waals surface area contributed by atoms with Crippen LogP contribution in [-0.2, 0) is 11.3 Å². The number of rotatable bonds is 10. The van der Waals surface area contributed by atoms with Gasteiger partial charge in [0.1, 0.15) is 4.88 Å². The number of nitrogens with one attached hydrogen (secondary N) is 1. The van der Waals surface area contributed by atoms with Gasteiger partial charge in [-0.05, 0) is 56.3 Å². The number of aliphatic hydroxyl groups is 1. The normalized spacial score (nSPS) is 16.7. The number of aliphatic hydroxyl groups excluding tert-OH is 1. The second-order valence-corrected chi connectivity index (χ2v) is 8.95. The molecule has 0 bridgehead atoms. The lowest BCUT2D eigenvalue weighted by molar-refractivity contribution is 0.0794. The van der Waals surface area contributed by atoms with Gasteiger partial charge >= 0.3 is 0 Å². The Balaban J connectivity index is 1.38. The number of imidazole rings is 1. The van der Waals surface area contributed by atoms with Crippen LogP contribution in [0, 0.1) is 0 Å². The molecule has 3 heterocycles. The fourth-order valence-electron chi connectivity index (χ4n) is 3.89. The molecule has 0 spiro atoms. The van der Waals surface area contributed by atoms with Gasteiger partial charge in [-0.25, -0.2) is 4.98 Å². The van der Waals surface area contributed by atoms with E-state index in [4.69, 9.17) is 14.8 Å². The molecule has 2 N–H and O–H groups in total. The van der Waals surface area contributed by atoms with Gasteiger partial charge in [0.25, 0.3) is 5.91 Å². The minimum atomic E-state index is 0.00338. The molecular weight excluding hydrogens is 400 g/mol. The molecule has 1 aliphatic rings. The molecule has 0 saturated carbocycles. The first kappa shape index (κ1) is 21.2. The van der Waals surface area contributed by atoms with Gasteiger partial charge in [0.2, 0.25) is 0 Å². The number of nitrogens with zero attached hydrogens (tertiary/aromatic N) is 3. The van der Waals surface area contributed by atoms with Crippen LogP contribution in [0.15, 0.2) is 24.4 Å². The quantitative estimate of drug-likeness (QED) is 0.484. The second-order valence-electron chi connectivity index (χ2n) is 7.94. The molecule has 1 saturated heterocycles. The minimum absolute atomic E-state index is 0.00338. The molecule has 0 aliphatic carbocycles.